The monoisotopic (exact) mass is 280 g/mol. The molecule has 3 heteroatoms. The highest BCUT2D eigenvalue weighted by Crippen LogP contribution is 2.31. The molecule has 0 bridgehead atoms. The second-order valence-electron chi connectivity index (χ2n) is 5.44. The van der Waals surface area contributed by atoms with Crippen LogP contribution < -0.4 is 4.74 Å². The average molecular weight is 281 g/mol. The topological polar surface area (TPSA) is 18.5 Å². The molecule has 1 saturated heterocycles. The maximum atomic E-state index is 6.00. The Morgan fingerprint density at radius 1 is 1.42 bits per heavy atom. The summed E-state index contributed by atoms with van der Waals surface area (Å²) in [5, 5.41) is 0. The smallest absolute Gasteiger partial charge is 0.122 e. The number of aryl methyl sites for hydroxylation is 1. The molecule has 0 atom stereocenters. The zero-order valence-corrected chi connectivity index (χ0v) is 12.4. The van der Waals surface area contributed by atoms with Crippen molar-refractivity contribution in [1.82, 2.24) is 0 Å². The second kappa shape index (κ2) is 5.98. The zero-order chi connectivity index (χ0) is 13.9. The molecule has 0 saturated carbocycles. The van der Waals surface area contributed by atoms with Crippen LogP contribution in [0.1, 0.15) is 30.5 Å². The van der Waals surface area contributed by atoms with Gasteiger partial charge in [0.1, 0.15) is 5.75 Å². The van der Waals surface area contributed by atoms with Gasteiger partial charge in [-0.3, -0.25) is 0 Å². The second-order valence-corrected chi connectivity index (χ2v) is 5.71. The van der Waals surface area contributed by atoms with Gasteiger partial charge in [-0.2, -0.15) is 0 Å². The van der Waals surface area contributed by atoms with Crippen molar-refractivity contribution in [3.05, 3.63) is 35.4 Å². The molecule has 0 unspecified atom stereocenters. The summed E-state index contributed by atoms with van der Waals surface area (Å²) in [4.78, 5) is 0. The van der Waals surface area contributed by atoms with Crippen LogP contribution in [0.25, 0.3) is 6.08 Å². The molecule has 1 aromatic rings. The summed E-state index contributed by atoms with van der Waals surface area (Å²) in [6, 6.07) is 4.17. The van der Waals surface area contributed by atoms with Crippen LogP contribution in [0.2, 0.25) is 0 Å². The summed E-state index contributed by atoms with van der Waals surface area (Å²) in [5.74, 6) is 1.42. The minimum atomic E-state index is 0.156. The van der Waals surface area contributed by atoms with Crippen LogP contribution in [0.15, 0.2) is 18.7 Å². The molecule has 0 aliphatic carbocycles. The Morgan fingerprint density at radius 3 is 2.63 bits per heavy atom. The molecule has 1 heterocycles. The van der Waals surface area contributed by atoms with Gasteiger partial charge >= 0.3 is 0 Å². The van der Waals surface area contributed by atoms with Gasteiger partial charge < -0.3 is 9.47 Å². The molecule has 0 radical (unpaired) electrons. The van der Waals surface area contributed by atoms with E-state index in [0.717, 1.165) is 36.5 Å². The Labute approximate surface area is 120 Å². The zero-order valence-electron chi connectivity index (χ0n) is 11.7. The minimum absolute atomic E-state index is 0.156. The number of ether oxygens (including phenoxy) is 2. The Balaban J connectivity index is 2.20. The van der Waals surface area contributed by atoms with E-state index >= 15 is 0 Å². The van der Waals surface area contributed by atoms with Gasteiger partial charge in [0.2, 0.25) is 0 Å². The fourth-order valence-electron chi connectivity index (χ4n) is 2.19. The normalized spacial score (nSPS) is 16.8. The van der Waals surface area contributed by atoms with E-state index in [2.05, 4.69) is 26.5 Å². The van der Waals surface area contributed by atoms with Gasteiger partial charge in [-0.15, -0.1) is 11.6 Å². The molecule has 0 N–H and O–H groups in total. The van der Waals surface area contributed by atoms with Gasteiger partial charge in [0, 0.05) is 11.3 Å². The van der Waals surface area contributed by atoms with Crippen LogP contribution in [0.3, 0.4) is 0 Å². The molecule has 1 aliphatic rings. The van der Waals surface area contributed by atoms with Crippen LogP contribution in [0, 0.1) is 5.41 Å². The standard InChI is InChI=1S/C16H21ClO2/c1-4-12-6-13(5-2)15(7-14(12)8-17)19-11-16(3)9-18-10-16/h4,6-7H,1,5,8-11H2,2-3H3. The molecule has 0 aromatic heterocycles. The minimum Gasteiger partial charge on any atom is -0.493 e. The van der Waals surface area contributed by atoms with Crippen molar-refractivity contribution >= 4 is 17.7 Å². The third kappa shape index (κ3) is 3.13. The lowest BCUT2D eigenvalue weighted by molar-refractivity contribution is -0.120. The quantitative estimate of drug-likeness (QED) is 0.732. The largest absolute Gasteiger partial charge is 0.493 e. The first kappa shape index (κ1) is 14.4. The molecule has 0 amide bonds. The Bertz CT molecular complexity index is 464. The summed E-state index contributed by atoms with van der Waals surface area (Å²) in [5.41, 5.74) is 3.52. The van der Waals surface area contributed by atoms with Crippen LogP contribution in [-0.2, 0) is 17.0 Å². The molecule has 19 heavy (non-hydrogen) atoms. The summed E-state index contributed by atoms with van der Waals surface area (Å²) in [6.07, 6.45) is 2.79. The third-order valence-electron chi connectivity index (χ3n) is 3.54. The highest BCUT2D eigenvalue weighted by Gasteiger charge is 2.34. The predicted molar refractivity (Wildman–Crippen MR) is 79.9 cm³/mol. The first-order chi connectivity index (χ1) is 9.11. The van der Waals surface area contributed by atoms with E-state index in [0.29, 0.717) is 12.5 Å². The predicted octanol–water partition coefficient (Wildman–Crippen LogP) is 4.05. The van der Waals surface area contributed by atoms with Gasteiger partial charge in [-0.05, 0) is 35.2 Å². The van der Waals surface area contributed by atoms with Gasteiger partial charge in [0.05, 0.1) is 19.8 Å². The number of halogens is 1. The molecular weight excluding hydrogens is 260 g/mol. The lowest BCUT2D eigenvalue weighted by atomic mass is 9.90. The highest BCUT2D eigenvalue weighted by molar-refractivity contribution is 6.17. The highest BCUT2D eigenvalue weighted by atomic mass is 35.5. The molecule has 2 rings (SSSR count). The van der Waals surface area contributed by atoms with E-state index in [9.17, 15) is 0 Å². The lowest BCUT2D eigenvalue weighted by Gasteiger charge is -2.37. The molecular formula is C16H21ClO2. The average Bonchev–Trinajstić information content (AvgIpc) is 2.41. The van der Waals surface area contributed by atoms with Gasteiger partial charge in [0.25, 0.3) is 0 Å². The maximum Gasteiger partial charge on any atom is 0.122 e. The van der Waals surface area contributed by atoms with Crippen molar-refractivity contribution in [2.45, 2.75) is 26.1 Å². The van der Waals surface area contributed by atoms with E-state index < -0.39 is 0 Å². The van der Waals surface area contributed by atoms with E-state index in [1.807, 2.05) is 12.1 Å². The van der Waals surface area contributed by atoms with Crippen molar-refractivity contribution in [3.63, 3.8) is 0 Å². The summed E-state index contributed by atoms with van der Waals surface area (Å²) in [7, 11) is 0. The summed E-state index contributed by atoms with van der Waals surface area (Å²) >= 11 is 5.98. The molecule has 104 valence electrons. The lowest BCUT2D eigenvalue weighted by Crippen LogP contribution is -2.44. The molecule has 1 fully saturated rings. The molecule has 1 aromatic carbocycles. The first-order valence-corrected chi connectivity index (χ1v) is 7.20. The Hall–Kier alpha value is -0.990. The fraction of sp³-hybridized carbons (Fsp3) is 0.500. The van der Waals surface area contributed by atoms with Gasteiger partial charge in [-0.1, -0.05) is 26.5 Å². The van der Waals surface area contributed by atoms with Crippen molar-refractivity contribution in [1.29, 1.82) is 0 Å². The van der Waals surface area contributed by atoms with Crippen LogP contribution >= 0.6 is 11.6 Å². The van der Waals surface area contributed by atoms with Crippen molar-refractivity contribution in [2.75, 3.05) is 19.8 Å². The van der Waals surface area contributed by atoms with Gasteiger partial charge in [-0.25, -0.2) is 0 Å². The van der Waals surface area contributed by atoms with Crippen LogP contribution in [0.5, 0.6) is 5.75 Å². The molecule has 2 nitrogen and oxygen atoms in total. The van der Waals surface area contributed by atoms with Crippen molar-refractivity contribution < 1.29 is 9.47 Å². The number of benzene rings is 1. The summed E-state index contributed by atoms with van der Waals surface area (Å²) in [6.45, 7) is 10.4. The molecule has 0 spiro atoms. The van der Waals surface area contributed by atoms with Crippen molar-refractivity contribution in [3.8, 4) is 5.75 Å². The number of alkyl halides is 1. The van der Waals surface area contributed by atoms with Crippen LogP contribution in [-0.4, -0.2) is 19.8 Å². The molecule has 1 aliphatic heterocycles. The fourth-order valence-corrected chi connectivity index (χ4v) is 2.42. The Morgan fingerprint density at radius 2 is 2.16 bits per heavy atom. The SMILES string of the molecule is C=Cc1cc(CC)c(OCC2(C)COC2)cc1CCl. The third-order valence-corrected chi connectivity index (χ3v) is 3.83. The number of rotatable bonds is 6. The van der Waals surface area contributed by atoms with E-state index in [1.54, 1.807) is 0 Å². The number of hydrogen-bond donors (Lipinski definition) is 0. The van der Waals surface area contributed by atoms with Crippen LogP contribution in [0.4, 0.5) is 0 Å². The van der Waals surface area contributed by atoms with Crippen molar-refractivity contribution in [2.24, 2.45) is 5.41 Å². The van der Waals surface area contributed by atoms with E-state index in [-0.39, 0.29) is 5.41 Å². The van der Waals surface area contributed by atoms with E-state index in [1.165, 1.54) is 5.56 Å². The Kier molecular flexibility index (Phi) is 4.54. The first-order valence-electron chi connectivity index (χ1n) is 6.66. The van der Waals surface area contributed by atoms with Gasteiger partial charge in [0.15, 0.2) is 0 Å². The maximum absolute atomic E-state index is 6.00. The summed E-state index contributed by atoms with van der Waals surface area (Å²) < 4.78 is 11.3. The number of hydrogen-bond acceptors (Lipinski definition) is 2. The van der Waals surface area contributed by atoms with E-state index in [4.69, 9.17) is 21.1 Å².